The highest BCUT2D eigenvalue weighted by atomic mass is 19.1. The molecule has 132 valence electrons. The number of nitrogens with one attached hydrogen (secondary N) is 2. The lowest BCUT2D eigenvalue weighted by Crippen LogP contribution is -2.17. The molecule has 1 aliphatic carbocycles. The Labute approximate surface area is 151 Å². The molecule has 1 fully saturated rings. The summed E-state index contributed by atoms with van der Waals surface area (Å²) in [6.07, 6.45) is 8.27. The van der Waals surface area contributed by atoms with E-state index >= 15 is 0 Å². The van der Waals surface area contributed by atoms with Gasteiger partial charge in [0, 0.05) is 35.8 Å². The Morgan fingerprint density at radius 2 is 1.81 bits per heavy atom. The van der Waals surface area contributed by atoms with Crippen LogP contribution in [0.4, 0.5) is 21.8 Å². The van der Waals surface area contributed by atoms with Crippen molar-refractivity contribution in [1.82, 2.24) is 15.0 Å². The van der Waals surface area contributed by atoms with Gasteiger partial charge in [-0.15, -0.1) is 0 Å². The van der Waals surface area contributed by atoms with Crippen molar-refractivity contribution in [2.24, 2.45) is 0 Å². The van der Waals surface area contributed by atoms with E-state index in [0.29, 0.717) is 17.8 Å². The first-order valence-corrected chi connectivity index (χ1v) is 8.85. The minimum atomic E-state index is -0.266. The van der Waals surface area contributed by atoms with Gasteiger partial charge in [0.15, 0.2) is 0 Å². The van der Waals surface area contributed by atoms with Crippen molar-refractivity contribution in [2.45, 2.75) is 31.7 Å². The van der Waals surface area contributed by atoms with Crippen LogP contribution in [0.25, 0.3) is 11.3 Å². The van der Waals surface area contributed by atoms with Gasteiger partial charge < -0.3 is 10.6 Å². The van der Waals surface area contributed by atoms with Crippen LogP contribution in [0, 0.1) is 5.82 Å². The van der Waals surface area contributed by atoms with E-state index in [9.17, 15) is 4.39 Å². The molecular formula is C20H20FN5. The first-order valence-electron chi connectivity index (χ1n) is 8.85. The zero-order valence-electron chi connectivity index (χ0n) is 14.3. The summed E-state index contributed by atoms with van der Waals surface area (Å²) >= 11 is 0. The molecule has 0 bridgehead atoms. The number of hydrogen-bond acceptors (Lipinski definition) is 5. The van der Waals surface area contributed by atoms with Crippen molar-refractivity contribution < 1.29 is 4.39 Å². The summed E-state index contributed by atoms with van der Waals surface area (Å²) in [5, 5.41) is 6.67. The minimum Gasteiger partial charge on any atom is -0.351 e. The molecule has 0 spiro atoms. The molecule has 2 N–H and O–H groups in total. The lowest BCUT2D eigenvalue weighted by atomic mass is 10.2. The Bertz CT molecular complexity index is 861. The van der Waals surface area contributed by atoms with Gasteiger partial charge in [0.25, 0.3) is 0 Å². The maximum atomic E-state index is 13.1. The van der Waals surface area contributed by atoms with Crippen LogP contribution >= 0.6 is 0 Å². The molecule has 1 aromatic carbocycles. The highest BCUT2D eigenvalue weighted by molar-refractivity contribution is 5.66. The monoisotopic (exact) mass is 349 g/mol. The topological polar surface area (TPSA) is 62.7 Å². The molecule has 3 aromatic rings. The summed E-state index contributed by atoms with van der Waals surface area (Å²) in [6, 6.07) is 12.4. The molecule has 2 heterocycles. The number of rotatable bonds is 5. The molecule has 1 aliphatic rings. The summed E-state index contributed by atoms with van der Waals surface area (Å²) in [5.41, 5.74) is 2.48. The molecule has 0 radical (unpaired) electrons. The molecule has 0 atom stereocenters. The van der Waals surface area contributed by atoms with Crippen molar-refractivity contribution in [3.05, 3.63) is 60.7 Å². The van der Waals surface area contributed by atoms with Crippen LogP contribution in [0.15, 0.2) is 54.9 Å². The number of hydrogen-bond donors (Lipinski definition) is 2. The third-order valence-corrected chi connectivity index (χ3v) is 4.49. The number of halogens is 1. The quantitative estimate of drug-likeness (QED) is 0.694. The molecule has 2 aromatic heterocycles. The number of pyridine rings is 1. The average Bonchev–Trinajstić information content (AvgIpc) is 3.17. The van der Waals surface area contributed by atoms with Crippen LogP contribution < -0.4 is 10.6 Å². The second-order valence-electron chi connectivity index (χ2n) is 6.46. The average molecular weight is 349 g/mol. The molecular weight excluding hydrogens is 329 g/mol. The molecule has 0 saturated heterocycles. The third kappa shape index (κ3) is 3.96. The zero-order valence-corrected chi connectivity index (χ0v) is 14.3. The molecule has 0 aliphatic heterocycles. The summed E-state index contributed by atoms with van der Waals surface area (Å²) in [7, 11) is 0. The lowest BCUT2D eigenvalue weighted by Gasteiger charge is -2.15. The van der Waals surface area contributed by atoms with Crippen LogP contribution in [0.3, 0.4) is 0 Å². The number of aromatic nitrogens is 3. The zero-order chi connectivity index (χ0) is 17.8. The minimum absolute atomic E-state index is 0.266. The SMILES string of the molecule is Fc1ccc(Nc2cc(-c3cccnc3)nc(NC3CCCC3)n2)cc1. The first kappa shape index (κ1) is 16.4. The van der Waals surface area contributed by atoms with Gasteiger partial charge in [-0.25, -0.2) is 9.37 Å². The van der Waals surface area contributed by atoms with E-state index < -0.39 is 0 Å². The smallest absolute Gasteiger partial charge is 0.225 e. The standard InChI is InChI=1S/C20H20FN5/c21-15-7-9-17(10-8-15)23-19-12-18(14-4-3-11-22-13-14)25-20(26-19)24-16-5-1-2-6-16/h3-4,7-13,16H,1-2,5-6H2,(H2,23,24,25,26). The Hall–Kier alpha value is -3.02. The summed E-state index contributed by atoms with van der Waals surface area (Å²) in [4.78, 5) is 13.4. The number of anilines is 3. The van der Waals surface area contributed by atoms with E-state index in [1.807, 2.05) is 18.2 Å². The van der Waals surface area contributed by atoms with Crippen LogP contribution in [0.2, 0.25) is 0 Å². The first-order chi connectivity index (χ1) is 12.8. The van der Waals surface area contributed by atoms with Gasteiger partial charge in [0.2, 0.25) is 5.95 Å². The van der Waals surface area contributed by atoms with E-state index in [2.05, 4.69) is 25.6 Å². The molecule has 0 unspecified atom stereocenters. The summed E-state index contributed by atoms with van der Waals surface area (Å²) in [6.45, 7) is 0. The molecule has 6 heteroatoms. The van der Waals surface area contributed by atoms with Crippen molar-refractivity contribution in [3.8, 4) is 11.3 Å². The van der Waals surface area contributed by atoms with E-state index in [0.717, 1.165) is 29.8 Å². The van der Waals surface area contributed by atoms with Gasteiger partial charge in [-0.2, -0.15) is 4.98 Å². The Kier molecular flexibility index (Phi) is 4.73. The van der Waals surface area contributed by atoms with Crippen molar-refractivity contribution >= 4 is 17.5 Å². The summed E-state index contributed by atoms with van der Waals surface area (Å²) in [5.74, 6) is 0.992. The Morgan fingerprint density at radius 3 is 2.54 bits per heavy atom. The molecule has 5 nitrogen and oxygen atoms in total. The molecule has 1 saturated carbocycles. The van der Waals surface area contributed by atoms with Crippen LogP contribution in [0.1, 0.15) is 25.7 Å². The Balaban J connectivity index is 1.65. The fraction of sp³-hybridized carbons (Fsp3) is 0.250. The van der Waals surface area contributed by atoms with E-state index in [-0.39, 0.29) is 5.82 Å². The van der Waals surface area contributed by atoms with Gasteiger partial charge >= 0.3 is 0 Å². The van der Waals surface area contributed by atoms with Crippen LogP contribution in [-0.2, 0) is 0 Å². The predicted octanol–water partition coefficient (Wildman–Crippen LogP) is 4.78. The lowest BCUT2D eigenvalue weighted by molar-refractivity contribution is 0.628. The molecule has 4 rings (SSSR count). The van der Waals surface area contributed by atoms with E-state index in [1.54, 1.807) is 24.5 Å². The number of benzene rings is 1. The van der Waals surface area contributed by atoms with Gasteiger partial charge in [-0.05, 0) is 49.2 Å². The Morgan fingerprint density at radius 1 is 1.00 bits per heavy atom. The van der Waals surface area contributed by atoms with Gasteiger partial charge in [0.05, 0.1) is 5.69 Å². The largest absolute Gasteiger partial charge is 0.351 e. The molecule has 0 amide bonds. The van der Waals surface area contributed by atoms with Crippen molar-refractivity contribution in [3.63, 3.8) is 0 Å². The van der Waals surface area contributed by atoms with Crippen LogP contribution in [-0.4, -0.2) is 21.0 Å². The van der Waals surface area contributed by atoms with E-state index in [1.165, 1.54) is 25.0 Å². The van der Waals surface area contributed by atoms with Gasteiger partial charge in [-0.1, -0.05) is 12.8 Å². The fourth-order valence-corrected chi connectivity index (χ4v) is 3.17. The normalized spacial score (nSPS) is 14.3. The van der Waals surface area contributed by atoms with Crippen LogP contribution in [0.5, 0.6) is 0 Å². The van der Waals surface area contributed by atoms with Gasteiger partial charge in [-0.3, -0.25) is 4.98 Å². The van der Waals surface area contributed by atoms with E-state index in [4.69, 9.17) is 0 Å². The molecule has 26 heavy (non-hydrogen) atoms. The van der Waals surface area contributed by atoms with Crippen molar-refractivity contribution in [1.29, 1.82) is 0 Å². The number of nitrogens with zero attached hydrogens (tertiary/aromatic N) is 3. The fourth-order valence-electron chi connectivity index (χ4n) is 3.17. The maximum Gasteiger partial charge on any atom is 0.225 e. The highest BCUT2D eigenvalue weighted by Gasteiger charge is 2.17. The highest BCUT2D eigenvalue weighted by Crippen LogP contribution is 2.26. The summed E-state index contributed by atoms with van der Waals surface area (Å²) < 4.78 is 13.1. The third-order valence-electron chi connectivity index (χ3n) is 4.49. The second kappa shape index (κ2) is 7.47. The van der Waals surface area contributed by atoms with Gasteiger partial charge in [0.1, 0.15) is 11.6 Å². The second-order valence-corrected chi connectivity index (χ2v) is 6.46. The van der Waals surface area contributed by atoms with Crippen molar-refractivity contribution in [2.75, 3.05) is 10.6 Å². The maximum absolute atomic E-state index is 13.1. The predicted molar refractivity (Wildman–Crippen MR) is 101 cm³/mol.